The van der Waals surface area contributed by atoms with Crippen molar-refractivity contribution in [3.05, 3.63) is 105 Å². The van der Waals surface area contributed by atoms with Gasteiger partial charge in [-0.05, 0) is 36.4 Å². The van der Waals surface area contributed by atoms with Gasteiger partial charge in [-0.15, -0.1) is 0 Å². The summed E-state index contributed by atoms with van der Waals surface area (Å²) in [7, 11) is 0. The van der Waals surface area contributed by atoms with Crippen molar-refractivity contribution in [1.82, 2.24) is 0 Å². The lowest BCUT2D eigenvalue weighted by molar-refractivity contribution is 0.102. The molecule has 0 saturated heterocycles. The summed E-state index contributed by atoms with van der Waals surface area (Å²) in [6.07, 6.45) is 0. The number of hydrogen-bond acceptors (Lipinski definition) is 2. The molecule has 2 nitrogen and oxygen atoms in total. The molecule has 0 unspecified atom stereocenters. The predicted molar refractivity (Wildman–Crippen MR) is 96.2 cm³/mol. The van der Waals surface area contributed by atoms with Crippen LogP contribution >= 0.6 is 23.2 Å². The van der Waals surface area contributed by atoms with Crippen molar-refractivity contribution in [3.8, 4) is 0 Å². The minimum atomic E-state index is -0.175. The summed E-state index contributed by atoms with van der Waals surface area (Å²) in [6, 6.07) is 20.1. The molecule has 3 aromatic rings. The fraction of sp³-hybridized carbons (Fsp3) is 0. The van der Waals surface area contributed by atoms with E-state index in [1.165, 1.54) is 0 Å². The molecule has 0 heterocycles. The average Bonchev–Trinajstić information content (AvgIpc) is 2.62. The highest BCUT2D eigenvalue weighted by atomic mass is 35.5. The molecule has 0 aliphatic heterocycles. The van der Waals surface area contributed by atoms with Gasteiger partial charge in [0.2, 0.25) is 0 Å². The third-order valence-electron chi connectivity index (χ3n) is 3.63. The van der Waals surface area contributed by atoms with Crippen LogP contribution in [0.5, 0.6) is 0 Å². The van der Waals surface area contributed by atoms with E-state index in [2.05, 4.69) is 0 Å². The number of carbonyl (C=O) groups excluding carboxylic acids is 2. The van der Waals surface area contributed by atoms with Crippen molar-refractivity contribution >= 4 is 34.8 Å². The van der Waals surface area contributed by atoms with Crippen molar-refractivity contribution in [2.45, 2.75) is 0 Å². The summed E-state index contributed by atoms with van der Waals surface area (Å²) in [5, 5.41) is 0.982. The Morgan fingerprint density at radius 2 is 1.04 bits per heavy atom. The monoisotopic (exact) mass is 354 g/mol. The number of benzene rings is 3. The normalized spacial score (nSPS) is 10.4. The van der Waals surface area contributed by atoms with E-state index < -0.39 is 0 Å². The quantitative estimate of drug-likeness (QED) is 0.583. The summed E-state index contributed by atoms with van der Waals surface area (Å²) in [5.41, 5.74) is 1.98. The summed E-state index contributed by atoms with van der Waals surface area (Å²) >= 11 is 11.9. The predicted octanol–water partition coefficient (Wildman–Crippen LogP) is 5.46. The molecule has 0 atom stereocenters. The fourth-order valence-electron chi connectivity index (χ4n) is 2.34. The first-order chi connectivity index (χ1) is 11.6. The average molecular weight is 355 g/mol. The lowest BCUT2D eigenvalue weighted by Crippen LogP contribution is -2.04. The smallest absolute Gasteiger partial charge is 0.194 e. The third kappa shape index (κ3) is 3.40. The number of ketones is 2. The highest BCUT2D eigenvalue weighted by Crippen LogP contribution is 2.20. The van der Waals surface area contributed by atoms with Gasteiger partial charge in [0.05, 0.1) is 5.02 Å². The van der Waals surface area contributed by atoms with E-state index in [0.717, 1.165) is 0 Å². The van der Waals surface area contributed by atoms with Crippen LogP contribution < -0.4 is 0 Å². The van der Waals surface area contributed by atoms with Crippen molar-refractivity contribution in [3.63, 3.8) is 0 Å². The molecule has 0 aromatic heterocycles. The van der Waals surface area contributed by atoms with Crippen LogP contribution in [0.15, 0.2) is 72.8 Å². The molecule has 0 N–H and O–H groups in total. The van der Waals surface area contributed by atoms with Gasteiger partial charge in [-0.2, -0.15) is 0 Å². The molecule has 118 valence electrons. The van der Waals surface area contributed by atoms with Crippen LogP contribution in [-0.4, -0.2) is 11.6 Å². The Balaban J connectivity index is 1.85. The van der Waals surface area contributed by atoms with Gasteiger partial charge in [-0.1, -0.05) is 59.6 Å². The van der Waals surface area contributed by atoms with Gasteiger partial charge in [0.15, 0.2) is 11.6 Å². The highest BCUT2D eigenvalue weighted by Gasteiger charge is 2.14. The molecule has 0 bridgehead atoms. The maximum atomic E-state index is 12.5. The van der Waals surface area contributed by atoms with Crippen LogP contribution in [-0.2, 0) is 0 Å². The largest absolute Gasteiger partial charge is 0.289 e. The van der Waals surface area contributed by atoms with E-state index in [1.54, 1.807) is 72.8 Å². The van der Waals surface area contributed by atoms with Crippen molar-refractivity contribution in [2.24, 2.45) is 0 Å². The SMILES string of the molecule is O=C(c1ccc(Cl)cc1)c1ccc(C(=O)c2ccccc2Cl)cc1. The lowest BCUT2D eigenvalue weighted by Gasteiger charge is -2.05. The molecule has 0 aliphatic carbocycles. The first-order valence-electron chi connectivity index (χ1n) is 7.26. The van der Waals surface area contributed by atoms with Gasteiger partial charge in [0.25, 0.3) is 0 Å². The Morgan fingerprint density at radius 3 is 1.58 bits per heavy atom. The van der Waals surface area contributed by atoms with E-state index >= 15 is 0 Å². The van der Waals surface area contributed by atoms with Crippen molar-refractivity contribution in [2.75, 3.05) is 0 Å². The summed E-state index contributed by atoms with van der Waals surface area (Å²) in [5.74, 6) is -0.297. The van der Waals surface area contributed by atoms with Crippen LogP contribution in [0.4, 0.5) is 0 Å². The second-order valence-electron chi connectivity index (χ2n) is 5.22. The summed E-state index contributed by atoms with van der Waals surface area (Å²) in [4.78, 5) is 24.9. The minimum Gasteiger partial charge on any atom is -0.289 e. The summed E-state index contributed by atoms with van der Waals surface area (Å²) in [6.45, 7) is 0. The first kappa shape index (κ1) is 16.4. The van der Waals surface area contributed by atoms with Crippen molar-refractivity contribution < 1.29 is 9.59 Å². The van der Waals surface area contributed by atoms with E-state index in [1.807, 2.05) is 0 Å². The molecule has 0 spiro atoms. The number of rotatable bonds is 4. The zero-order chi connectivity index (χ0) is 17.1. The van der Waals surface area contributed by atoms with Gasteiger partial charge in [0, 0.05) is 27.3 Å². The van der Waals surface area contributed by atoms with E-state index in [9.17, 15) is 9.59 Å². The second kappa shape index (κ2) is 7.00. The molecule has 0 fully saturated rings. The molecule has 3 rings (SSSR count). The fourth-order valence-corrected chi connectivity index (χ4v) is 2.69. The second-order valence-corrected chi connectivity index (χ2v) is 6.07. The lowest BCUT2D eigenvalue weighted by atomic mass is 9.98. The van der Waals surface area contributed by atoms with Gasteiger partial charge in [-0.25, -0.2) is 0 Å². The highest BCUT2D eigenvalue weighted by molar-refractivity contribution is 6.35. The van der Waals surface area contributed by atoms with Crippen LogP contribution in [0.2, 0.25) is 10.0 Å². The molecular weight excluding hydrogens is 343 g/mol. The van der Waals surface area contributed by atoms with Crippen LogP contribution in [0.3, 0.4) is 0 Å². The standard InChI is InChI=1S/C20H12Cl2O2/c21-16-11-9-14(10-12-16)19(23)13-5-7-15(8-6-13)20(24)17-3-1-2-4-18(17)22/h1-12H. The van der Waals surface area contributed by atoms with Gasteiger partial charge in [-0.3, -0.25) is 9.59 Å². The topological polar surface area (TPSA) is 34.1 Å². The minimum absolute atomic E-state index is 0.122. The van der Waals surface area contributed by atoms with Gasteiger partial charge in [0.1, 0.15) is 0 Å². The Hall–Kier alpha value is -2.42. The Kier molecular flexibility index (Phi) is 4.79. The molecular formula is C20H12Cl2O2. The molecule has 0 aliphatic rings. The molecule has 0 amide bonds. The molecule has 0 radical (unpaired) electrons. The molecule has 3 aromatic carbocycles. The van der Waals surface area contributed by atoms with E-state index in [-0.39, 0.29) is 11.6 Å². The summed E-state index contributed by atoms with van der Waals surface area (Å²) < 4.78 is 0. The van der Waals surface area contributed by atoms with Crippen LogP contribution in [0, 0.1) is 0 Å². The number of carbonyl (C=O) groups is 2. The van der Waals surface area contributed by atoms with Crippen molar-refractivity contribution in [1.29, 1.82) is 0 Å². The number of halogens is 2. The molecule has 0 saturated carbocycles. The zero-order valence-electron chi connectivity index (χ0n) is 12.5. The van der Waals surface area contributed by atoms with Crippen LogP contribution in [0.25, 0.3) is 0 Å². The zero-order valence-corrected chi connectivity index (χ0v) is 14.0. The Morgan fingerprint density at radius 1 is 0.583 bits per heavy atom. The molecule has 24 heavy (non-hydrogen) atoms. The Bertz CT molecular complexity index is 898. The van der Waals surface area contributed by atoms with Crippen LogP contribution in [0.1, 0.15) is 31.8 Å². The maximum Gasteiger partial charge on any atom is 0.194 e. The van der Waals surface area contributed by atoms with Gasteiger partial charge < -0.3 is 0 Å². The molecule has 4 heteroatoms. The van der Waals surface area contributed by atoms with E-state index in [4.69, 9.17) is 23.2 Å². The number of hydrogen-bond donors (Lipinski definition) is 0. The Labute approximate surface area is 149 Å². The van der Waals surface area contributed by atoms with Gasteiger partial charge >= 0.3 is 0 Å². The van der Waals surface area contributed by atoms with E-state index in [0.29, 0.717) is 32.3 Å². The first-order valence-corrected chi connectivity index (χ1v) is 8.01. The third-order valence-corrected chi connectivity index (χ3v) is 4.22. The maximum absolute atomic E-state index is 12.5.